The van der Waals surface area contributed by atoms with E-state index in [4.69, 9.17) is 0 Å². The molecular weight excluding hydrogens is 240 g/mol. The lowest BCUT2D eigenvalue weighted by atomic mass is 10.2. The summed E-state index contributed by atoms with van der Waals surface area (Å²) in [4.78, 5) is 3.78. The van der Waals surface area contributed by atoms with Crippen LogP contribution in [-0.4, -0.2) is 36.8 Å². The summed E-state index contributed by atoms with van der Waals surface area (Å²) < 4.78 is 0. The molecule has 0 aliphatic heterocycles. The van der Waals surface area contributed by atoms with Gasteiger partial charge in [-0.15, -0.1) is 11.8 Å². The lowest BCUT2D eigenvalue weighted by Gasteiger charge is -2.23. The van der Waals surface area contributed by atoms with Crippen molar-refractivity contribution >= 4 is 11.8 Å². The second kappa shape index (κ2) is 8.57. The first-order valence-corrected chi connectivity index (χ1v) is 8.00. The van der Waals surface area contributed by atoms with Crippen molar-refractivity contribution in [2.75, 3.05) is 25.9 Å². The summed E-state index contributed by atoms with van der Waals surface area (Å²) in [6, 6.07) is 9.34. The number of nitrogens with one attached hydrogen (secondary N) is 1. The van der Waals surface area contributed by atoms with Crippen LogP contribution in [0, 0.1) is 0 Å². The maximum Gasteiger partial charge on any atom is 0.0208 e. The van der Waals surface area contributed by atoms with Crippen molar-refractivity contribution in [3.8, 4) is 0 Å². The molecule has 0 bridgehead atoms. The van der Waals surface area contributed by atoms with Crippen LogP contribution in [0.2, 0.25) is 0 Å². The van der Waals surface area contributed by atoms with Crippen LogP contribution in [0.1, 0.15) is 26.3 Å². The Morgan fingerprint density at radius 1 is 1.17 bits per heavy atom. The van der Waals surface area contributed by atoms with Gasteiger partial charge >= 0.3 is 0 Å². The lowest BCUT2D eigenvalue weighted by Crippen LogP contribution is -2.38. The van der Waals surface area contributed by atoms with Crippen molar-refractivity contribution in [3.63, 3.8) is 0 Å². The zero-order valence-corrected chi connectivity index (χ0v) is 12.9. The fourth-order valence-electron chi connectivity index (χ4n) is 1.97. The fraction of sp³-hybridized carbons (Fsp3) is 0.600. The lowest BCUT2D eigenvalue weighted by molar-refractivity contribution is 0.270. The number of benzene rings is 1. The molecule has 0 radical (unpaired) electrons. The first-order valence-electron chi connectivity index (χ1n) is 6.78. The van der Waals surface area contributed by atoms with Crippen LogP contribution in [-0.2, 0) is 6.54 Å². The van der Waals surface area contributed by atoms with Crippen molar-refractivity contribution in [1.29, 1.82) is 0 Å². The van der Waals surface area contributed by atoms with Crippen LogP contribution in [0.15, 0.2) is 29.2 Å². The highest BCUT2D eigenvalue weighted by Gasteiger charge is 2.06. The predicted molar refractivity (Wildman–Crippen MR) is 82.3 cm³/mol. The second-order valence-electron chi connectivity index (χ2n) is 4.62. The van der Waals surface area contributed by atoms with Gasteiger partial charge in [-0.05, 0) is 44.0 Å². The van der Waals surface area contributed by atoms with Gasteiger partial charge in [-0.1, -0.05) is 26.0 Å². The quantitative estimate of drug-likeness (QED) is 0.727. The van der Waals surface area contributed by atoms with Gasteiger partial charge < -0.3 is 10.2 Å². The van der Waals surface area contributed by atoms with E-state index in [1.807, 2.05) is 0 Å². The van der Waals surface area contributed by atoms with Crippen LogP contribution >= 0.6 is 11.8 Å². The molecule has 0 saturated heterocycles. The van der Waals surface area contributed by atoms with E-state index in [2.05, 4.69) is 61.5 Å². The predicted octanol–water partition coefficient (Wildman–Crippen LogP) is 3.23. The van der Waals surface area contributed by atoms with Crippen molar-refractivity contribution in [2.24, 2.45) is 0 Å². The largest absolute Gasteiger partial charge is 0.309 e. The first-order chi connectivity index (χ1) is 8.69. The Balaban J connectivity index is 2.34. The number of hydrogen-bond donors (Lipinski definition) is 1. The Hall–Kier alpha value is -0.510. The standard InChI is InChI=1S/C15H26N2S/c1-5-17(6-2)12-13(3)16-11-14-7-9-15(18-4)10-8-14/h7-10,13,16H,5-6,11-12H2,1-4H3. The van der Waals surface area contributed by atoms with E-state index < -0.39 is 0 Å². The van der Waals surface area contributed by atoms with Crippen LogP contribution in [0.3, 0.4) is 0 Å². The zero-order chi connectivity index (χ0) is 13.4. The number of rotatable bonds is 8. The molecule has 0 saturated carbocycles. The number of nitrogens with zero attached hydrogens (tertiary/aromatic N) is 1. The van der Waals surface area contributed by atoms with E-state index in [1.54, 1.807) is 11.8 Å². The summed E-state index contributed by atoms with van der Waals surface area (Å²) in [5.41, 5.74) is 1.36. The Kier molecular flexibility index (Phi) is 7.40. The third-order valence-corrected chi connectivity index (χ3v) is 3.98. The van der Waals surface area contributed by atoms with Crippen LogP contribution in [0.25, 0.3) is 0 Å². The maximum absolute atomic E-state index is 3.59. The molecular formula is C15H26N2S. The van der Waals surface area contributed by atoms with Gasteiger partial charge in [-0.3, -0.25) is 0 Å². The molecule has 1 unspecified atom stereocenters. The van der Waals surface area contributed by atoms with E-state index in [0.717, 1.165) is 26.2 Å². The molecule has 18 heavy (non-hydrogen) atoms. The Morgan fingerprint density at radius 3 is 2.28 bits per heavy atom. The third kappa shape index (κ3) is 5.42. The molecule has 0 spiro atoms. The summed E-state index contributed by atoms with van der Waals surface area (Å²) in [5.74, 6) is 0. The van der Waals surface area contributed by atoms with Crippen molar-refractivity contribution in [1.82, 2.24) is 10.2 Å². The van der Waals surface area contributed by atoms with E-state index >= 15 is 0 Å². The highest BCUT2D eigenvalue weighted by Crippen LogP contribution is 2.14. The normalized spacial score (nSPS) is 12.9. The zero-order valence-electron chi connectivity index (χ0n) is 12.1. The molecule has 0 aliphatic carbocycles. The van der Waals surface area contributed by atoms with Gasteiger partial charge in [0, 0.05) is 24.0 Å². The molecule has 0 aromatic heterocycles. The molecule has 0 amide bonds. The number of hydrogen-bond acceptors (Lipinski definition) is 3. The van der Waals surface area contributed by atoms with Crippen molar-refractivity contribution < 1.29 is 0 Å². The molecule has 0 aliphatic rings. The molecule has 102 valence electrons. The summed E-state index contributed by atoms with van der Waals surface area (Å²) in [7, 11) is 0. The van der Waals surface area contributed by atoms with E-state index in [9.17, 15) is 0 Å². The Bertz CT molecular complexity index is 320. The third-order valence-electron chi connectivity index (χ3n) is 3.24. The topological polar surface area (TPSA) is 15.3 Å². The summed E-state index contributed by atoms with van der Waals surface area (Å²) in [5, 5.41) is 3.59. The summed E-state index contributed by atoms with van der Waals surface area (Å²) in [6.45, 7) is 11.0. The molecule has 0 heterocycles. The number of thioether (sulfide) groups is 1. The van der Waals surface area contributed by atoms with Gasteiger partial charge in [0.2, 0.25) is 0 Å². The van der Waals surface area contributed by atoms with Crippen LogP contribution in [0.4, 0.5) is 0 Å². The average Bonchev–Trinajstić information content (AvgIpc) is 2.43. The van der Waals surface area contributed by atoms with Gasteiger partial charge in [-0.25, -0.2) is 0 Å². The molecule has 1 rings (SSSR count). The Morgan fingerprint density at radius 2 is 1.78 bits per heavy atom. The minimum Gasteiger partial charge on any atom is -0.309 e. The maximum atomic E-state index is 3.59. The van der Waals surface area contributed by atoms with Crippen molar-refractivity contribution in [3.05, 3.63) is 29.8 Å². The minimum atomic E-state index is 0.533. The van der Waals surface area contributed by atoms with Gasteiger partial charge in [0.05, 0.1) is 0 Å². The smallest absolute Gasteiger partial charge is 0.0208 e. The van der Waals surface area contributed by atoms with Gasteiger partial charge in [-0.2, -0.15) is 0 Å². The molecule has 1 aromatic rings. The van der Waals surface area contributed by atoms with Gasteiger partial charge in [0.1, 0.15) is 0 Å². The van der Waals surface area contributed by atoms with E-state index in [0.29, 0.717) is 6.04 Å². The van der Waals surface area contributed by atoms with Crippen LogP contribution < -0.4 is 5.32 Å². The highest BCUT2D eigenvalue weighted by molar-refractivity contribution is 7.98. The average molecular weight is 266 g/mol. The monoisotopic (exact) mass is 266 g/mol. The SMILES string of the molecule is CCN(CC)CC(C)NCc1ccc(SC)cc1. The molecule has 0 fully saturated rings. The molecule has 1 atom stereocenters. The van der Waals surface area contributed by atoms with Gasteiger partial charge in [0.15, 0.2) is 0 Å². The minimum absolute atomic E-state index is 0.533. The highest BCUT2D eigenvalue weighted by atomic mass is 32.2. The summed E-state index contributed by atoms with van der Waals surface area (Å²) in [6.07, 6.45) is 2.11. The van der Waals surface area contributed by atoms with E-state index in [-0.39, 0.29) is 0 Å². The van der Waals surface area contributed by atoms with Crippen molar-refractivity contribution in [2.45, 2.75) is 38.3 Å². The molecule has 1 aromatic carbocycles. The number of likely N-dealkylation sites (N-methyl/N-ethyl adjacent to an activating group) is 1. The van der Waals surface area contributed by atoms with Crippen LogP contribution in [0.5, 0.6) is 0 Å². The fourth-order valence-corrected chi connectivity index (χ4v) is 2.38. The molecule has 2 nitrogen and oxygen atoms in total. The second-order valence-corrected chi connectivity index (χ2v) is 5.50. The van der Waals surface area contributed by atoms with Gasteiger partial charge in [0.25, 0.3) is 0 Å². The Labute approximate surface area is 116 Å². The summed E-state index contributed by atoms with van der Waals surface area (Å²) >= 11 is 1.79. The molecule has 3 heteroatoms. The molecule has 1 N–H and O–H groups in total. The first kappa shape index (κ1) is 15.5. The van der Waals surface area contributed by atoms with E-state index in [1.165, 1.54) is 10.5 Å².